The van der Waals surface area contributed by atoms with E-state index in [0.29, 0.717) is 22.6 Å². The van der Waals surface area contributed by atoms with Gasteiger partial charge in [-0.2, -0.15) is 0 Å². The summed E-state index contributed by atoms with van der Waals surface area (Å²) < 4.78 is 11.1. The van der Waals surface area contributed by atoms with E-state index in [1.54, 1.807) is 42.5 Å². The molecule has 4 heteroatoms. The lowest BCUT2D eigenvalue weighted by Gasteiger charge is -2.06. The van der Waals surface area contributed by atoms with E-state index in [1.807, 2.05) is 55.5 Å². The van der Waals surface area contributed by atoms with Gasteiger partial charge >= 0.3 is 5.97 Å². The van der Waals surface area contributed by atoms with Crippen molar-refractivity contribution in [1.82, 2.24) is 0 Å². The molecule has 0 atom stereocenters. The van der Waals surface area contributed by atoms with Gasteiger partial charge in [0, 0.05) is 6.07 Å². The van der Waals surface area contributed by atoms with Gasteiger partial charge in [0.2, 0.25) is 5.78 Å². The molecule has 0 aliphatic carbocycles. The highest BCUT2D eigenvalue weighted by molar-refractivity contribution is 6.12. The highest BCUT2D eigenvalue weighted by Gasteiger charge is 2.27. The third-order valence-corrected chi connectivity index (χ3v) is 4.48. The topological polar surface area (TPSA) is 52.6 Å². The van der Waals surface area contributed by atoms with Crippen LogP contribution in [0.3, 0.4) is 0 Å². The Morgan fingerprint density at radius 3 is 2.48 bits per heavy atom. The van der Waals surface area contributed by atoms with Crippen molar-refractivity contribution in [3.05, 3.63) is 113 Å². The number of Topliss-reactive ketones (excluding diaryl/α,β-unsaturated/α-hetero) is 1. The van der Waals surface area contributed by atoms with Crippen LogP contribution >= 0.6 is 0 Å². The third-order valence-electron chi connectivity index (χ3n) is 4.48. The zero-order valence-corrected chi connectivity index (χ0v) is 15.8. The lowest BCUT2D eigenvalue weighted by molar-refractivity contribution is 0.0734. The van der Waals surface area contributed by atoms with Crippen molar-refractivity contribution >= 4 is 17.8 Å². The van der Waals surface area contributed by atoms with Crippen molar-refractivity contribution in [2.45, 2.75) is 6.92 Å². The first-order valence-corrected chi connectivity index (χ1v) is 9.19. The van der Waals surface area contributed by atoms with E-state index in [1.165, 1.54) is 0 Å². The van der Waals surface area contributed by atoms with Gasteiger partial charge in [-0.25, -0.2) is 4.79 Å². The predicted octanol–water partition coefficient (Wildman–Crippen LogP) is 5.39. The maximum atomic E-state index is 12.5. The summed E-state index contributed by atoms with van der Waals surface area (Å²) >= 11 is 0. The van der Waals surface area contributed by atoms with Gasteiger partial charge in [-0.3, -0.25) is 4.79 Å². The average Bonchev–Trinajstić information content (AvgIpc) is 3.04. The molecule has 4 nitrogen and oxygen atoms in total. The molecule has 1 aliphatic rings. The smallest absolute Gasteiger partial charge is 0.343 e. The molecule has 0 unspecified atom stereocenters. The fraction of sp³-hybridized carbons (Fsp3) is 0.0400. The molecule has 0 amide bonds. The number of hydrogen-bond acceptors (Lipinski definition) is 4. The monoisotopic (exact) mass is 382 g/mol. The number of fused-ring (bicyclic) bond motifs is 1. The van der Waals surface area contributed by atoms with E-state index in [2.05, 4.69) is 0 Å². The Labute approximate surface area is 168 Å². The van der Waals surface area contributed by atoms with Crippen LogP contribution in [0.5, 0.6) is 11.5 Å². The maximum absolute atomic E-state index is 12.5. The van der Waals surface area contributed by atoms with Gasteiger partial charge in [-0.1, -0.05) is 60.2 Å². The minimum absolute atomic E-state index is 0.200. The lowest BCUT2D eigenvalue weighted by Crippen LogP contribution is -2.08. The van der Waals surface area contributed by atoms with Crippen molar-refractivity contribution in [3.8, 4) is 11.5 Å². The summed E-state index contributed by atoms with van der Waals surface area (Å²) in [6.45, 7) is 1.95. The van der Waals surface area contributed by atoms with Crippen LogP contribution in [0.2, 0.25) is 0 Å². The summed E-state index contributed by atoms with van der Waals surface area (Å²) in [7, 11) is 0. The summed E-state index contributed by atoms with van der Waals surface area (Å²) in [5, 5.41) is 0. The standard InChI is InChI=1S/C25H18O4/c1-17-10-12-19(13-11-17)25(27)28-20-14-15-21-23(16-20)29-22(24(21)26)9-5-8-18-6-3-2-4-7-18/h2-16H,1H3/b8-5+,22-9-. The van der Waals surface area contributed by atoms with Crippen LogP contribution in [-0.2, 0) is 0 Å². The van der Waals surface area contributed by atoms with E-state index in [-0.39, 0.29) is 11.5 Å². The van der Waals surface area contributed by atoms with Gasteiger partial charge in [-0.15, -0.1) is 0 Å². The van der Waals surface area contributed by atoms with Gasteiger partial charge in [0.1, 0.15) is 11.5 Å². The molecule has 0 radical (unpaired) electrons. The molecule has 0 bridgehead atoms. The molecule has 0 spiro atoms. The third kappa shape index (κ3) is 4.17. The number of carbonyl (C=O) groups excluding carboxylic acids is 2. The number of ketones is 1. The lowest BCUT2D eigenvalue weighted by atomic mass is 10.1. The highest BCUT2D eigenvalue weighted by Crippen LogP contribution is 2.34. The van der Waals surface area contributed by atoms with E-state index in [0.717, 1.165) is 11.1 Å². The molecule has 1 heterocycles. The molecule has 29 heavy (non-hydrogen) atoms. The Bertz CT molecular complexity index is 1120. The minimum Gasteiger partial charge on any atom is -0.452 e. The van der Waals surface area contributed by atoms with Gasteiger partial charge in [0.05, 0.1) is 11.1 Å². The quantitative estimate of drug-likeness (QED) is 0.345. The van der Waals surface area contributed by atoms with Crippen molar-refractivity contribution in [2.24, 2.45) is 0 Å². The summed E-state index contributed by atoms with van der Waals surface area (Å²) in [6.07, 6.45) is 5.29. The van der Waals surface area contributed by atoms with Gasteiger partial charge in [-0.05, 0) is 42.8 Å². The van der Waals surface area contributed by atoms with Crippen LogP contribution in [0.15, 0.2) is 90.7 Å². The number of allylic oxidation sites excluding steroid dienone is 3. The Kier molecular flexibility index (Phi) is 5.08. The van der Waals surface area contributed by atoms with E-state index >= 15 is 0 Å². The zero-order valence-electron chi connectivity index (χ0n) is 15.8. The predicted molar refractivity (Wildman–Crippen MR) is 111 cm³/mol. The molecule has 1 aliphatic heterocycles. The second-order valence-corrected chi connectivity index (χ2v) is 6.65. The van der Waals surface area contributed by atoms with E-state index in [4.69, 9.17) is 9.47 Å². The van der Waals surface area contributed by atoms with Crippen LogP contribution in [0.4, 0.5) is 0 Å². The Morgan fingerprint density at radius 2 is 1.72 bits per heavy atom. The first-order chi connectivity index (χ1) is 14.1. The number of carbonyl (C=O) groups is 2. The van der Waals surface area contributed by atoms with Crippen molar-refractivity contribution in [2.75, 3.05) is 0 Å². The first-order valence-electron chi connectivity index (χ1n) is 9.19. The molecule has 0 aromatic heterocycles. The molecule has 0 N–H and O–H groups in total. The highest BCUT2D eigenvalue weighted by atomic mass is 16.5. The molecule has 0 saturated heterocycles. The molecular formula is C25H18O4. The van der Waals surface area contributed by atoms with Crippen molar-refractivity contribution in [3.63, 3.8) is 0 Å². The molecule has 0 saturated carbocycles. The fourth-order valence-corrected chi connectivity index (χ4v) is 2.91. The van der Waals surface area contributed by atoms with Gasteiger partial charge in [0.15, 0.2) is 5.76 Å². The molecule has 3 aromatic carbocycles. The molecular weight excluding hydrogens is 364 g/mol. The van der Waals surface area contributed by atoms with Crippen LogP contribution < -0.4 is 9.47 Å². The van der Waals surface area contributed by atoms with Gasteiger partial charge in [0.25, 0.3) is 0 Å². The summed E-state index contributed by atoms with van der Waals surface area (Å²) in [5.74, 6) is 0.269. The average molecular weight is 382 g/mol. The molecule has 0 fully saturated rings. The summed E-state index contributed by atoms with van der Waals surface area (Å²) in [5.41, 5.74) is 2.99. The number of hydrogen-bond donors (Lipinski definition) is 0. The maximum Gasteiger partial charge on any atom is 0.343 e. The summed E-state index contributed by atoms with van der Waals surface area (Å²) in [4.78, 5) is 24.8. The second kappa shape index (κ2) is 7.98. The summed E-state index contributed by atoms with van der Waals surface area (Å²) in [6, 6.07) is 21.6. The van der Waals surface area contributed by atoms with E-state index < -0.39 is 5.97 Å². The normalized spacial score (nSPS) is 14.1. The van der Waals surface area contributed by atoms with Crippen LogP contribution in [0.1, 0.15) is 31.8 Å². The van der Waals surface area contributed by atoms with Crippen molar-refractivity contribution in [1.29, 1.82) is 0 Å². The Balaban J connectivity index is 1.48. The van der Waals surface area contributed by atoms with Crippen LogP contribution in [0.25, 0.3) is 6.08 Å². The van der Waals surface area contributed by atoms with E-state index in [9.17, 15) is 9.59 Å². The molecule has 3 aromatic rings. The Morgan fingerprint density at radius 1 is 0.966 bits per heavy atom. The van der Waals surface area contributed by atoms with Crippen LogP contribution in [-0.4, -0.2) is 11.8 Å². The fourth-order valence-electron chi connectivity index (χ4n) is 2.91. The number of aryl methyl sites for hydroxylation is 1. The Hall–Kier alpha value is -3.92. The second-order valence-electron chi connectivity index (χ2n) is 6.65. The minimum atomic E-state index is -0.462. The number of ether oxygens (including phenoxy) is 2. The first kappa shape index (κ1) is 18.4. The largest absolute Gasteiger partial charge is 0.452 e. The number of rotatable bonds is 4. The number of esters is 1. The molecule has 4 rings (SSSR count). The van der Waals surface area contributed by atoms with Crippen molar-refractivity contribution < 1.29 is 19.1 Å². The number of benzene rings is 3. The zero-order chi connectivity index (χ0) is 20.2. The SMILES string of the molecule is Cc1ccc(C(=O)Oc2ccc3c(c2)O/C(=C\C=C\c2ccccc2)C3=O)cc1. The van der Waals surface area contributed by atoms with Crippen LogP contribution in [0, 0.1) is 6.92 Å². The van der Waals surface area contributed by atoms with Gasteiger partial charge < -0.3 is 9.47 Å². The molecule has 142 valence electrons.